The lowest BCUT2D eigenvalue weighted by Gasteiger charge is -2.30. The standard InChI is InChI=1S/C14H27N5O/c1-14(2,3)20-10-12-16-13(18-17-12)19-7-5-11(6-8-19)9-15-4/h11,15H,5-10H2,1-4H3,(H,16,17,18). The van der Waals surface area contributed by atoms with Crippen LogP contribution >= 0.6 is 0 Å². The van der Waals surface area contributed by atoms with Gasteiger partial charge in [0.15, 0.2) is 5.82 Å². The lowest BCUT2D eigenvalue weighted by molar-refractivity contribution is -0.0179. The molecule has 0 bridgehead atoms. The Balaban J connectivity index is 1.84. The SMILES string of the molecule is CNCC1CCN(c2n[nH]c(COC(C)(C)C)n2)CC1. The molecule has 2 heterocycles. The number of aromatic nitrogens is 3. The van der Waals surface area contributed by atoms with Crippen molar-refractivity contribution >= 4 is 5.95 Å². The number of hydrogen-bond acceptors (Lipinski definition) is 5. The highest BCUT2D eigenvalue weighted by atomic mass is 16.5. The van der Waals surface area contributed by atoms with E-state index in [-0.39, 0.29) is 5.60 Å². The van der Waals surface area contributed by atoms with E-state index in [0.717, 1.165) is 37.3 Å². The van der Waals surface area contributed by atoms with Crippen LogP contribution < -0.4 is 10.2 Å². The number of nitrogens with zero attached hydrogens (tertiary/aromatic N) is 3. The average Bonchev–Trinajstić information content (AvgIpc) is 2.86. The fourth-order valence-electron chi connectivity index (χ4n) is 2.40. The quantitative estimate of drug-likeness (QED) is 0.857. The normalized spacial score (nSPS) is 17.7. The molecular weight excluding hydrogens is 254 g/mol. The van der Waals surface area contributed by atoms with Gasteiger partial charge in [0.05, 0.1) is 5.60 Å². The van der Waals surface area contributed by atoms with Gasteiger partial charge in [0.1, 0.15) is 6.61 Å². The number of H-pyrrole nitrogens is 1. The molecule has 2 N–H and O–H groups in total. The van der Waals surface area contributed by atoms with Gasteiger partial charge < -0.3 is 15.0 Å². The van der Waals surface area contributed by atoms with E-state index in [0.29, 0.717) is 6.61 Å². The Kier molecular flexibility index (Phi) is 4.99. The van der Waals surface area contributed by atoms with Crippen LogP contribution in [-0.4, -0.2) is 47.5 Å². The van der Waals surface area contributed by atoms with Gasteiger partial charge in [-0.2, -0.15) is 4.98 Å². The maximum atomic E-state index is 5.70. The van der Waals surface area contributed by atoms with E-state index in [1.165, 1.54) is 12.8 Å². The van der Waals surface area contributed by atoms with E-state index >= 15 is 0 Å². The minimum absolute atomic E-state index is 0.154. The van der Waals surface area contributed by atoms with Crippen molar-refractivity contribution in [3.8, 4) is 0 Å². The summed E-state index contributed by atoms with van der Waals surface area (Å²) in [7, 11) is 2.02. The fourth-order valence-corrected chi connectivity index (χ4v) is 2.40. The minimum Gasteiger partial charge on any atom is -0.368 e. The van der Waals surface area contributed by atoms with Crippen molar-refractivity contribution in [2.75, 3.05) is 31.6 Å². The number of ether oxygens (including phenoxy) is 1. The molecular formula is C14H27N5O. The van der Waals surface area contributed by atoms with Gasteiger partial charge in [-0.05, 0) is 53.1 Å². The Bertz CT molecular complexity index is 404. The zero-order valence-corrected chi connectivity index (χ0v) is 13.1. The smallest absolute Gasteiger partial charge is 0.244 e. The third kappa shape index (κ3) is 4.45. The average molecular weight is 281 g/mol. The second kappa shape index (κ2) is 6.54. The first-order valence-electron chi connectivity index (χ1n) is 7.43. The molecule has 0 aliphatic carbocycles. The molecule has 0 atom stereocenters. The predicted octanol–water partition coefficient (Wildman–Crippen LogP) is 1.56. The van der Waals surface area contributed by atoms with Crippen LogP contribution in [0.1, 0.15) is 39.4 Å². The maximum Gasteiger partial charge on any atom is 0.244 e. The van der Waals surface area contributed by atoms with Crippen molar-refractivity contribution in [2.24, 2.45) is 5.92 Å². The lowest BCUT2D eigenvalue weighted by atomic mass is 9.97. The molecule has 0 saturated carbocycles. The van der Waals surface area contributed by atoms with E-state index in [2.05, 4.69) is 25.4 Å². The van der Waals surface area contributed by atoms with E-state index in [1.54, 1.807) is 0 Å². The Labute approximate surface area is 121 Å². The van der Waals surface area contributed by atoms with E-state index < -0.39 is 0 Å². The molecule has 0 unspecified atom stereocenters. The number of anilines is 1. The molecule has 0 amide bonds. The zero-order chi connectivity index (χ0) is 14.6. The van der Waals surface area contributed by atoms with Crippen LogP contribution in [0.15, 0.2) is 0 Å². The van der Waals surface area contributed by atoms with Gasteiger partial charge in [-0.15, -0.1) is 5.10 Å². The first kappa shape index (κ1) is 15.3. The van der Waals surface area contributed by atoms with Crippen LogP contribution in [-0.2, 0) is 11.3 Å². The molecule has 0 aromatic carbocycles. The number of nitrogens with one attached hydrogen (secondary N) is 2. The third-order valence-electron chi connectivity index (χ3n) is 3.55. The van der Waals surface area contributed by atoms with E-state index in [9.17, 15) is 0 Å². The molecule has 2 rings (SSSR count). The Morgan fingerprint density at radius 1 is 1.35 bits per heavy atom. The lowest BCUT2D eigenvalue weighted by Crippen LogP contribution is -2.37. The first-order chi connectivity index (χ1) is 9.48. The number of piperidine rings is 1. The third-order valence-corrected chi connectivity index (χ3v) is 3.55. The van der Waals surface area contributed by atoms with Gasteiger partial charge in [0.25, 0.3) is 0 Å². The van der Waals surface area contributed by atoms with Crippen LogP contribution in [0.3, 0.4) is 0 Å². The highest BCUT2D eigenvalue weighted by Crippen LogP contribution is 2.20. The second-order valence-electron chi connectivity index (χ2n) is 6.47. The Morgan fingerprint density at radius 2 is 2.05 bits per heavy atom. The van der Waals surface area contributed by atoms with Crippen molar-refractivity contribution in [2.45, 2.75) is 45.8 Å². The summed E-state index contributed by atoms with van der Waals surface area (Å²) in [6, 6.07) is 0. The largest absolute Gasteiger partial charge is 0.368 e. The molecule has 6 nitrogen and oxygen atoms in total. The van der Waals surface area contributed by atoms with Gasteiger partial charge >= 0.3 is 0 Å². The maximum absolute atomic E-state index is 5.70. The van der Waals surface area contributed by atoms with E-state index in [4.69, 9.17) is 4.74 Å². The first-order valence-corrected chi connectivity index (χ1v) is 7.43. The van der Waals surface area contributed by atoms with Crippen LogP contribution in [0.25, 0.3) is 0 Å². The van der Waals surface area contributed by atoms with Gasteiger partial charge in [-0.25, -0.2) is 0 Å². The second-order valence-corrected chi connectivity index (χ2v) is 6.47. The van der Waals surface area contributed by atoms with Gasteiger partial charge in [0.2, 0.25) is 5.95 Å². The van der Waals surface area contributed by atoms with Crippen LogP contribution in [0.4, 0.5) is 5.95 Å². The summed E-state index contributed by atoms with van der Waals surface area (Å²) in [6.07, 6.45) is 2.40. The summed E-state index contributed by atoms with van der Waals surface area (Å²) < 4.78 is 5.70. The summed E-state index contributed by atoms with van der Waals surface area (Å²) >= 11 is 0. The highest BCUT2D eigenvalue weighted by molar-refractivity contribution is 5.29. The fraction of sp³-hybridized carbons (Fsp3) is 0.857. The number of aromatic amines is 1. The molecule has 1 saturated heterocycles. The van der Waals surface area contributed by atoms with Gasteiger partial charge in [0, 0.05) is 13.1 Å². The highest BCUT2D eigenvalue weighted by Gasteiger charge is 2.21. The molecule has 1 aliphatic rings. The van der Waals surface area contributed by atoms with Crippen molar-refractivity contribution in [1.29, 1.82) is 0 Å². The number of hydrogen-bond donors (Lipinski definition) is 2. The molecule has 114 valence electrons. The van der Waals surface area contributed by atoms with Crippen LogP contribution in [0.5, 0.6) is 0 Å². The summed E-state index contributed by atoms with van der Waals surface area (Å²) in [5.74, 6) is 2.38. The monoisotopic (exact) mass is 281 g/mol. The molecule has 1 fully saturated rings. The predicted molar refractivity (Wildman–Crippen MR) is 79.8 cm³/mol. The molecule has 1 aliphatic heterocycles. The van der Waals surface area contributed by atoms with Crippen molar-refractivity contribution < 1.29 is 4.74 Å². The van der Waals surface area contributed by atoms with E-state index in [1.807, 2.05) is 27.8 Å². The summed E-state index contributed by atoms with van der Waals surface area (Å²) in [4.78, 5) is 6.78. The molecule has 0 spiro atoms. The minimum atomic E-state index is -0.154. The van der Waals surface area contributed by atoms with Crippen molar-refractivity contribution in [1.82, 2.24) is 20.5 Å². The van der Waals surface area contributed by atoms with Crippen molar-refractivity contribution in [3.05, 3.63) is 5.82 Å². The Morgan fingerprint density at radius 3 is 2.65 bits per heavy atom. The summed E-state index contributed by atoms with van der Waals surface area (Å²) in [5, 5.41) is 10.5. The summed E-state index contributed by atoms with van der Waals surface area (Å²) in [6.45, 7) is 9.76. The van der Waals surface area contributed by atoms with Crippen molar-refractivity contribution in [3.63, 3.8) is 0 Å². The molecule has 1 aromatic heterocycles. The molecule has 0 radical (unpaired) electrons. The Hall–Kier alpha value is -1.14. The zero-order valence-electron chi connectivity index (χ0n) is 13.1. The molecule has 20 heavy (non-hydrogen) atoms. The van der Waals surface area contributed by atoms with Crippen LogP contribution in [0.2, 0.25) is 0 Å². The number of rotatable bonds is 5. The summed E-state index contributed by atoms with van der Waals surface area (Å²) in [5.41, 5.74) is -0.154. The molecule has 1 aromatic rings. The van der Waals surface area contributed by atoms with Gasteiger partial charge in [-0.1, -0.05) is 0 Å². The van der Waals surface area contributed by atoms with Gasteiger partial charge in [-0.3, -0.25) is 5.10 Å². The van der Waals surface area contributed by atoms with Crippen LogP contribution in [0, 0.1) is 5.92 Å². The molecule has 6 heteroatoms. The topological polar surface area (TPSA) is 66.1 Å².